The van der Waals surface area contributed by atoms with Crippen molar-refractivity contribution in [2.24, 2.45) is 11.7 Å². The highest BCUT2D eigenvalue weighted by Gasteiger charge is 2.31. The highest BCUT2D eigenvalue weighted by atomic mass is 32.2. The molecular weight excluding hydrogens is 520 g/mol. The van der Waals surface area contributed by atoms with Crippen molar-refractivity contribution in [2.75, 3.05) is 19.1 Å². The second-order valence-corrected chi connectivity index (χ2v) is 9.82. The number of hydrogen-bond donors (Lipinski definition) is 2. The number of rotatable bonds is 10. The molecule has 0 spiro atoms. The summed E-state index contributed by atoms with van der Waals surface area (Å²) < 4.78 is 30.4. The van der Waals surface area contributed by atoms with Crippen molar-refractivity contribution in [3.8, 4) is 5.95 Å². The molecule has 2 unspecified atom stereocenters. The first-order valence-electron chi connectivity index (χ1n) is 13.1. The van der Waals surface area contributed by atoms with Gasteiger partial charge in [-0.3, -0.25) is 10.3 Å². The second kappa shape index (κ2) is 14.7. The maximum Gasteiger partial charge on any atom is 0.252 e. The van der Waals surface area contributed by atoms with Crippen LogP contribution in [0.5, 0.6) is 0 Å². The van der Waals surface area contributed by atoms with Gasteiger partial charge in [0.1, 0.15) is 18.0 Å². The maximum atomic E-state index is 14.4. The van der Waals surface area contributed by atoms with E-state index in [9.17, 15) is 8.78 Å². The Labute approximate surface area is 233 Å². The van der Waals surface area contributed by atoms with Crippen LogP contribution in [0.4, 0.5) is 8.78 Å². The first-order valence-corrected chi connectivity index (χ1v) is 14.5. The summed E-state index contributed by atoms with van der Waals surface area (Å²) in [6.45, 7) is 6.12. The number of nitrogens with two attached hydrogens (primary N) is 1. The molecular formula is C28H37F2N7OS. The molecule has 2 heterocycles. The van der Waals surface area contributed by atoms with Gasteiger partial charge in [0.2, 0.25) is 0 Å². The quantitative estimate of drug-likeness (QED) is 0.312. The topological polar surface area (TPSA) is 104 Å². The molecule has 3 aromatic rings. The summed E-state index contributed by atoms with van der Waals surface area (Å²) in [5, 5.41) is 4.51. The van der Waals surface area contributed by atoms with Crippen LogP contribution in [0.3, 0.4) is 0 Å². The Hall–Kier alpha value is -3.31. The van der Waals surface area contributed by atoms with E-state index in [2.05, 4.69) is 27.5 Å². The van der Waals surface area contributed by atoms with Gasteiger partial charge >= 0.3 is 0 Å². The first kappa shape index (κ1) is 30.2. The number of nitrogens with zero attached hydrogens (tertiary/aromatic N) is 5. The zero-order chi connectivity index (χ0) is 28.4. The molecule has 0 radical (unpaired) electrons. The number of benzene rings is 1. The summed E-state index contributed by atoms with van der Waals surface area (Å²) in [7, 11) is 1.52. The molecule has 1 aromatic carbocycles. The number of aryl methyl sites for hydroxylation is 1. The van der Waals surface area contributed by atoms with Crippen LogP contribution in [0.1, 0.15) is 63.0 Å². The van der Waals surface area contributed by atoms with E-state index in [0.29, 0.717) is 18.3 Å². The van der Waals surface area contributed by atoms with Gasteiger partial charge in [-0.1, -0.05) is 33.3 Å². The number of nitrogens with one attached hydrogen (secondary N) is 1. The third kappa shape index (κ3) is 7.42. The molecule has 1 aliphatic carbocycles. The Kier molecular flexibility index (Phi) is 11.4. The van der Waals surface area contributed by atoms with E-state index in [-0.39, 0.29) is 17.2 Å². The molecule has 2 atom stereocenters. The van der Waals surface area contributed by atoms with Crippen LogP contribution in [0.2, 0.25) is 0 Å². The Morgan fingerprint density at radius 2 is 1.97 bits per heavy atom. The fourth-order valence-corrected chi connectivity index (χ4v) is 4.93. The largest absolute Gasteiger partial charge is 0.398 e. The number of halogens is 2. The third-order valence-electron chi connectivity index (χ3n) is 6.44. The number of hydroxylamine groups is 1. The average molecular weight is 558 g/mol. The van der Waals surface area contributed by atoms with Gasteiger partial charge in [0, 0.05) is 30.0 Å². The Morgan fingerprint density at radius 1 is 1.23 bits per heavy atom. The molecule has 11 heteroatoms. The molecule has 39 heavy (non-hydrogen) atoms. The lowest BCUT2D eigenvalue weighted by Gasteiger charge is -2.32. The SMILES string of the molecule is CC.CCC1CC(/C=C(\N)c2c(F)cccc2F)=C(NOC)C(c2ccnc(-n3cnc(CCSC)n3)n2)C1. The highest BCUT2D eigenvalue weighted by Crippen LogP contribution is 2.41. The Morgan fingerprint density at radius 3 is 2.64 bits per heavy atom. The summed E-state index contributed by atoms with van der Waals surface area (Å²) in [6.07, 6.45) is 10.2. The molecule has 0 saturated heterocycles. The van der Waals surface area contributed by atoms with Gasteiger partial charge in [-0.15, -0.1) is 5.10 Å². The molecule has 0 fully saturated rings. The predicted octanol–water partition coefficient (Wildman–Crippen LogP) is 5.58. The predicted molar refractivity (Wildman–Crippen MR) is 152 cm³/mol. The van der Waals surface area contributed by atoms with Crippen LogP contribution >= 0.6 is 11.8 Å². The van der Waals surface area contributed by atoms with Crippen LogP contribution in [-0.2, 0) is 11.3 Å². The van der Waals surface area contributed by atoms with Crippen LogP contribution in [-0.4, -0.2) is 43.9 Å². The second-order valence-electron chi connectivity index (χ2n) is 8.84. The zero-order valence-electron chi connectivity index (χ0n) is 23.1. The van der Waals surface area contributed by atoms with Gasteiger partial charge in [-0.05, 0) is 54.9 Å². The van der Waals surface area contributed by atoms with Crippen LogP contribution in [0.15, 0.2) is 54.1 Å². The summed E-state index contributed by atoms with van der Waals surface area (Å²) >= 11 is 1.73. The fourth-order valence-electron chi connectivity index (χ4n) is 4.54. The molecule has 2 aromatic heterocycles. The van der Waals surface area contributed by atoms with Crippen molar-refractivity contribution in [2.45, 2.75) is 52.4 Å². The minimum absolute atomic E-state index is 0.0141. The number of aromatic nitrogens is 5. The van der Waals surface area contributed by atoms with E-state index in [4.69, 9.17) is 15.6 Å². The zero-order valence-corrected chi connectivity index (χ0v) is 23.9. The maximum absolute atomic E-state index is 14.4. The molecule has 0 amide bonds. The van der Waals surface area contributed by atoms with Crippen molar-refractivity contribution in [3.05, 3.63) is 82.9 Å². The number of allylic oxidation sites excluding steroid dienone is 3. The standard InChI is InChI=1S/C26H31F2N7OS.C2H6/c1-4-16-12-17(14-21(29)24-19(27)6-5-7-20(24)28)25(34-36-2)18(13-16)22-8-10-30-26(32-22)35-15-31-23(33-35)9-11-37-3;1-2/h5-8,10,14-16,18,34H,4,9,11-13,29H2,1-3H3;1-2H3/b21-14-;. The monoisotopic (exact) mass is 557 g/mol. The molecule has 4 rings (SSSR count). The van der Waals surface area contributed by atoms with Gasteiger partial charge < -0.3 is 5.73 Å². The number of hydrogen-bond acceptors (Lipinski definition) is 8. The van der Waals surface area contributed by atoms with E-state index in [0.717, 1.165) is 47.8 Å². The van der Waals surface area contributed by atoms with Crippen molar-refractivity contribution in [1.29, 1.82) is 0 Å². The molecule has 210 valence electrons. The Bertz CT molecular complexity index is 1270. The summed E-state index contributed by atoms with van der Waals surface area (Å²) in [6, 6.07) is 5.56. The molecule has 8 nitrogen and oxygen atoms in total. The molecule has 3 N–H and O–H groups in total. The van der Waals surface area contributed by atoms with E-state index >= 15 is 0 Å². The van der Waals surface area contributed by atoms with E-state index < -0.39 is 11.6 Å². The van der Waals surface area contributed by atoms with Gasteiger partial charge in [0.25, 0.3) is 5.95 Å². The van der Waals surface area contributed by atoms with Crippen LogP contribution in [0.25, 0.3) is 11.6 Å². The van der Waals surface area contributed by atoms with Crippen molar-refractivity contribution in [3.63, 3.8) is 0 Å². The molecule has 0 bridgehead atoms. The van der Waals surface area contributed by atoms with Gasteiger partial charge in [-0.25, -0.2) is 23.7 Å². The highest BCUT2D eigenvalue weighted by molar-refractivity contribution is 7.98. The Balaban J connectivity index is 0.00000205. The first-order chi connectivity index (χ1) is 18.9. The number of thioether (sulfide) groups is 1. The lowest BCUT2D eigenvalue weighted by molar-refractivity contribution is 0.107. The molecule has 0 aliphatic heterocycles. The molecule has 1 aliphatic rings. The summed E-state index contributed by atoms with van der Waals surface area (Å²) in [5.41, 5.74) is 11.3. The van der Waals surface area contributed by atoms with E-state index in [1.165, 1.54) is 25.3 Å². The van der Waals surface area contributed by atoms with Crippen molar-refractivity contribution in [1.82, 2.24) is 30.2 Å². The minimum atomic E-state index is -0.708. The average Bonchev–Trinajstić information content (AvgIpc) is 3.43. The van der Waals surface area contributed by atoms with E-state index in [1.54, 1.807) is 35.0 Å². The van der Waals surface area contributed by atoms with Crippen LogP contribution < -0.4 is 11.2 Å². The fraction of sp³-hybridized carbons (Fsp3) is 0.429. The van der Waals surface area contributed by atoms with Gasteiger partial charge in [0.15, 0.2) is 5.82 Å². The van der Waals surface area contributed by atoms with Gasteiger partial charge in [-0.2, -0.15) is 16.4 Å². The molecule has 0 saturated carbocycles. The van der Waals surface area contributed by atoms with Crippen molar-refractivity contribution >= 4 is 17.5 Å². The van der Waals surface area contributed by atoms with Crippen LogP contribution in [0, 0.1) is 17.6 Å². The van der Waals surface area contributed by atoms with Crippen molar-refractivity contribution < 1.29 is 13.6 Å². The minimum Gasteiger partial charge on any atom is -0.398 e. The van der Waals surface area contributed by atoms with E-state index in [1.807, 2.05) is 26.2 Å². The summed E-state index contributed by atoms with van der Waals surface area (Å²) in [4.78, 5) is 18.9. The normalized spacial score (nSPS) is 17.6. The van der Waals surface area contributed by atoms with Gasteiger partial charge in [0.05, 0.1) is 24.1 Å². The smallest absolute Gasteiger partial charge is 0.252 e. The lowest BCUT2D eigenvalue weighted by atomic mass is 9.77. The summed E-state index contributed by atoms with van der Waals surface area (Å²) in [5.74, 6) is 0.792. The lowest BCUT2D eigenvalue weighted by Crippen LogP contribution is -2.27. The third-order valence-corrected chi connectivity index (χ3v) is 7.05.